The van der Waals surface area contributed by atoms with Gasteiger partial charge in [-0.05, 0) is 60.7 Å². The molecular weight excluding hydrogens is 355 g/mol. The smallest absolute Gasteiger partial charge is 0.379 e. The van der Waals surface area contributed by atoms with Gasteiger partial charge in [-0.1, -0.05) is 0 Å². The van der Waals surface area contributed by atoms with Gasteiger partial charge in [0.1, 0.15) is 29.7 Å². The highest BCUT2D eigenvalue weighted by atomic mass is 19.1. The summed E-state index contributed by atoms with van der Waals surface area (Å²) in [7, 11) is 1.28. The predicted octanol–water partition coefficient (Wildman–Crippen LogP) is 4.00. The van der Waals surface area contributed by atoms with E-state index in [0.717, 1.165) is 0 Å². The number of hydrogen-bond acceptors (Lipinski definition) is 6. The molecule has 0 aliphatic heterocycles. The molecule has 0 fully saturated rings. The zero-order valence-electron chi connectivity index (χ0n) is 14.3. The Balaban J connectivity index is 1.57. The minimum absolute atomic E-state index is 0.00440. The first-order valence-electron chi connectivity index (χ1n) is 7.93. The Kier molecular flexibility index (Phi) is 5.51. The molecule has 0 aliphatic rings. The van der Waals surface area contributed by atoms with E-state index in [0.29, 0.717) is 17.1 Å². The molecule has 138 valence electrons. The van der Waals surface area contributed by atoms with Crippen molar-refractivity contribution >= 4 is 11.9 Å². The van der Waals surface area contributed by atoms with Crippen molar-refractivity contribution in [3.8, 4) is 11.5 Å². The SMILES string of the molecule is COC(=O)c1ccc(OC(=O)c2ccc(COc3ccc(F)cc3)o2)cc1. The molecule has 0 saturated heterocycles. The maximum Gasteiger partial charge on any atom is 0.379 e. The number of hydrogen-bond donors (Lipinski definition) is 0. The number of carbonyl (C=O) groups is 2. The molecular formula is C20H15FO6. The average molecular weight is 370 g/mol. The van der Waals surface area contributed by atoms with Crippen molar-refractivity contribution in [1.82, 2.24) is 0 Å². The van der Waals surface area contributed by atoms with Crippen LogP contribution in [0.15, 0.2) is 65.1 Å². The van der Waals surface area contributed by atoms with Crippen molar-refractivity contribution < 1.29 is 32.6 Å². The summed E-state index contributed by atoms with van der Waals surface area (Å²) < 4.78 is 33.5. The predicted molar refractivity (Wildman–Crippen MR) is 92.2 cm³/mol. The van der Waals surface area contributed by atoms with Crippen LogP contribution in [0.5, 0.6) is 11.5 Å². The fraction of sp³-hybridized carbons (Fsp3) is 0.100. The second kappa shape index (κ2) is 8.18. The third-order valence-corrected chi connectivity index (χ3v) is 3.54. The highest BCUT2D eigenvalue weighted by Crippen LogP contribution is 2.18. The molecule has 1 heterocycles. The third kappa shape index (κ3) is 4.72. The van der Waals surface area contributed by atoms with Gasteiger partial charge in [-0.25, -0.2) is 14.0 Å². The van der Waals surface area contributed by atoms with Crippen molar-refractivity contribution in [1.29, 1.82) is 0 Å². The topological polar surface area (TPSA) is 75.0 Å². The van der Waals surface area contributed by atoms with Crippen LogP contribution in [0.1, 0.15) is 26.7 Å². The Morgan fingerprint density at radius 3 is 2.22 bits per heavy atom. The molecule has 0 bridgehead atoms. The van der Waals surface area contributed by atoms with Crippen molar-refractivity contribution in [2.24, 2.45) is 0 Å². The molecule has 0 unspecified atom stereocenters. The molecule has 27 heavy (non-hydrogen) atoms. The lowest BCUT2D eigenvalue weighted by Crippen LogP contribution is -2.08. The standard InChI is InChI=1S/C20H15FO6/c1-24-19(22)13-2-6-16(7-3-13)27-20(23)18-11-10-17(26-18)12-25-15-8-4-14(21)5-9-15/h2-11H,12H2,1H3. The lowest BCUT2D eigenvalue weighted by atomic mass is 10.2. The van der Waals surface area contributed by atoms with Gasteiger partial charge in [-0.15, -0.1) is 0 Å². The Labute approximate surface area is 154 Å². The van der Waals surface area contributed by atoms with Crippen molar-refractivity contribution in [3.63, 3.8) is 0 Å². The second-order valence-electron chi connectivity index (χ2n) is 5.41. The molecule has 0 spiro atoms. The molecule has 3 rings (SSSR count). The Hall–Kier alpha value is -3.61. The lowest BCUT2D eigenvalue weighted by molar-refractivity contribution is 0.0600. The molecule has 0 N–H and O–H groups in total. The number of rotatable bonds is 6. The molecule has 7 heteroatoms. The fourth-order valence-electron chi connectivity index (χ4n) is 2.18. The number of esters is 2. The van der Waals surface area contributed by atoms with Gasteiger partial charge in [0, 0.05) is 0 Å². The summed E-state index contributed by atoms with van der Waals surface area (Å²) in [5.74, 6) is -0.378. The number of ether oxygens (including phenoxy) is 3. The summed E-state index contributed by atoms with van der Waals surface area (Å²) in [6.45, 7) is 0.0761. The minimum atomic E-state index is -0.686. The van der Waals surface area contributed by atoms with Crippen LogP contribution < -0.4 is 9.47 Å². The Morgan fingerprint density at radius 2 is 1.56 bits per heavy atom. The minimum Gasteiger partial charge on any atom is -0.486 e. The van der Waals surface area contributed by atoms with Gasteiger partial charge < -0.3 is 18.6 Å². The normalized spacial score (nSPS) is 10.3. The first-order chi connectivity index (χ1) is 13.0. The van der Waals surface area contributed by atoms with Crippen LogP contribution >= 0.6 is 0 Å². The molecule has 6 nitrogen and oxygen atoms in total. The monoisotopic (exact) mass is 370 g/mol. The number of furan rings is 1. The fourth-order valence-corrected chi connectivity index (χ4v) is 2.18. The van der Waals surface area contributed by atoms with Crippen LogP contribution in [0.2, 0.25) is 0 Å². The van der Waals surface area contributed by atoms with E-state index in [-0.39, 0.29) is 23.9 Å². The maximum atomic E-state index is 12.9. The molecule has 0 saturated carbocycles. The van der Waals surface area contributed by atoms with Crippen LogP contribution in [0, 0.1) is 5.82 Å². The zero-order chi connectivity index (χ0) is 19.2. The maximum absolute atomic E-state index is 12.9. The van der Waals surface area contributed by atoms with E-state index < -0.39 is 11.9 Å². The van der Waals surface area contributed by atoms with E-state index in [9.17, 15) is 14.0 Å². The van der Waals surface area contributed by atoms with Crippen LogP contribution in [0.3, 0.4) is 0 Å². The number of carbonyl (C=O) groups excluding carboxylic acids is 2. The van der Waals surface area contributed by atoms with Gasteiger partial charge in [0.15, 0.2) is 0 Å². The molecule has 0 radical (unpaired) electrons. The summed E-state index contributed by atoms with van der Waals surface area (Å²) in [5, 5.41) is 0. The molecule has 1 aromatic heterocycles. The van der Waals surface area contributed by atoms with E-state index in [4.69, 9.17) is 13.9 Å². The average Bonchev–Trinajstić information content (AvgIpc) is 3.17. The highest BCUT2D eigenvalue weighted by molar-refractivity contribution is 5.90. The first kappa shape index (κ1) is 18.2. The summed E-state index contributed by atoms with van der Waals surface area (Å²) in [4.78, 5) is 23.5. The summed E-state index contributed by atoms with van der Waals surface area (Å²) in [5.41, 5.74) is 0.343. The van der Waals surface area contributed by atoms with Crippen LogP contribution in [0.25, 0.3) is 0 Å². The molecule has 2 aromatic carbocycles. The summed E-state index contributed by atoms with van der Waals surface area (Å²) >= 11 is 0. The highest BCUT2D eigenvalue weighted by Gasteiger charge is 2.15. The summed E-state index contributed by atoms with van der Waals surface area (Å²) in [6.07, 6.45) is 0. The lowest BCUT2D eigenvalue weighted by Gasteiger charge is -2.04. The largest absolute Gasteiger partial charge is 0.486 e. The zero-order valence-corrected chi connectivity index (χ0v) is 14.3. The first-order valence-corrected chi connectivity index (χ1v) is 7.93. The molecule has 3 aromatic rings. The van der Waals surface area contributed by atoms with Gasteiger partial charge >= 0.3 is 11.9 Å². The van der Waals surface area contributed by atoms with Gasteiger partial charge in [0.25, 0.3) is 0 Å². The molecule has 0 amide bonds. The molecule has 0 aliphatic carbocycles. The van der Waals surface area contributed by atoms with Gasteiger partial charge in [0.2, 0.25) is 5.76 Å². The second-order valence-corrected chi connectivity index (χ2v) is 5.41. The van der Waals surface area contributed by atoms with Crippen molar-refractivity contribution in [2.45, 2.75) is 6.61 Å². The third-order valence-electron chi connectivity index (χ3n) is 3.54. The van der Waals surface area contributed by atoms with Crippen molar-refractivity contribution in [3.05, 3.63) is 83.6 Å². The van der Waals surface area contributed by atoms with Gasteiger partial charge in [-0.3, -0.25) is 0 Å². The van der Waals surface area contributed by atoms with Crippen molar-refractivity contribution in [2.75, 3.05) is 7.11 Å². The summed E-state index contributed by atoms with van der Waals surface area (Å²) in [6, 6.07) is 14.5. The van der Waals surface area contributed by atoms with Gasteiger partial charge in [0.05, 0.1) is 12.7 Å². The Morgan fingerprint density at radius 1 is 0.889 bits per heavy atom. The quantitative estimate of drug-likeness (QED) is 0.482. The van der Waals surface area contributed by atoms with E-state index in [2.05, 4.69) is 4.74 Å². The van der Waals surface area contributed by atoms with E-state index >= 15 is 0 Å². The number of benzene rings is 2. The van der Waals surface area contributed by atoms with Crippen LogP contribution in [0.4, 0.5) is 4.39 Å². The number of methoxy groups -OCH3 is 1. The van der Waals surface area contributed by atoms with E-state index in [1.54, 1.807) is 6.07 Å². The van der Waals surface area contributed by atoms with Gasteiger partial charge in [-0.2, -0.15) is 0 Å². The van der Waals surface area contributed by atoms with E-state index in [1.165, 1.54) is 61.7 Å². The van der Waals surface area contributed by atoms with Crippen LogP contribution in [-0.4, -0.2) is 19.0 Å². The Bertz CT molecular complexity index is 928. The van der Waals surface area contributed by atoms with E-state index in [1.807, 2.05) is 0 Å². The number of halogens is 1. The molecule has 0 atom stereocenters. The van der Waals surface area contributed by atoms with Crippen LogP contribution in [-0.2, 0) is 11.3 Å².